The first-order chi connectivity index (χ1) is 15.4. The Morgan fingerprint density at radius 1 is 1.22 bits per heavy atom. The highest BCUT2D eigenvalue weighted by atomic mass is 32.2. The molecule has 1 aliphatic heterocycles. The molecule has 8 nitrogen and oxygen atoms in total. The summed E-state index contributed by atoms with van der Waals surface area (Å²) in [6.07, 6.45) is 9.75. The van der Waals surface area contributed by atoms with Crippen molar-refractivity contribution in [2.24, 2.45) is 0 Å². The van der Waals surface area contributed by atoms with Gasteiger partial charge in [-0.3, -0.25) is 14.6 Å². The van der Waals surface area contributed by atoms with E-state index in [0.717, 1.165) is 18.7 Å². The number of carbonyl (C=O) groups is 2. The Hall–Kier alpha value is -2.52. The van der Waals surface area contributed by atoms with Gasteiger partial charge in [-0.1, -0.05) is 12.8 Å². The Balaban J connectivity index is 1.39. The maximum Gasteiger partial charge on any atom is 0.235 e. The van der Waals surface area contributed by atoms with Crippen molar-refractivity contribution in [3.05, 3.63) is 53.7 Å². The van der Waals surface area contributed by atoms with Crippen molar-refractivity contribution >= 4 is 21.5 Å². The Bertz CT molecular complexity index is 981. The second kappa shape index (κ2) is 11.9. The van der Waals surface area contributed by atoms with Crippen molar-refractivity contribution in [1.82, 2.24) is 15.6 Å². The molecule has 2 aromatic rings. The van der Waals surface area contributed by atoms with E-state index in [2.05, 4.69) is 15.6 Å². The van der Waals surface area contributed by atoms with E-state index in [4.69, 9.17) is 4.42 Å². The summed E-state index contributed by atoms with van der Waals surface area (Å²) in [6.45, 7) is 0.869. The van der Waals surface area contributed by atoms with Crippen molar-refractivity contribution in [3.8, 4) is 0 Å². The molecule has 174 valence electrons. The maximum absolute atomic E-state index is 12.2. The lowest BCUT2D eigenvalue weighted by Gasteiger charge is -2.16. The number of aromatic nitrogens is 1. The number of ketones is 1. The highest BCUT2D eigenvalue weighted by Gasteiger charge is 2.19. The zero-order valence-corrected chi connectivity index (χ0v) is 19.0. The van der Waals surface area contributed by atoms with Gasteiger partial charge in [0.2, 0.25) is 5.91 Å². The molecule has 0 aromatic carbocycles. The Morgan fingerprint density at radius 2 is 2.09 bits per heavy atom. The molecule has 9 heteroatoms. The number of Topliss-reactive ketones (excluding diaryl/α,β-unsaturated/α-hetero) is 1. The van der Waals surface area contributed by atoms with Crippen LogP contribution in [-0.4, -0.2) is 50.0 Å². The highest BCUT2D eigenvalue weighted by molar-refractivity contribution is 7.91. The van der Waals surface area contributed by atoms with Crippen LogP contribution in [0.25, 0.3) is 0 Å². The number of furan rings is 1. The van der Waals surface area contributed by atoms with Crippen molar-refractivity contribution in [2.45, 2.75) is 56.7 Å². The van der Waals surface area contributed by atoms with Gasteiger partial charge in [-0.05, 0) is 62.1 Å². The maximum atomic E-state index is 12.2. The second-order valence-corrected chi connectivity index (χ2v) is 10.4. The summed E-state index contributed by atoms with van der Waals surface area (Å²) in [6, 6.07) is 7.66. The molecule has 2 N–H and O–H groups in total. The van der Waals surface area contributed by atoms with E-state index in [1.165, 1.54) is 43.6 Å². The Morgan fingerprint density at radius 3 is 2.91 bits per heavy atom. The fraction of sp³-hybridized carbons (Fsp3) is 0.522. The number of nitrogens with zero attached hydrogens (tertiary/aromatic N) is 1. The smallest absolute Gasteiger partial charge is 0.235 e. The highest BCUT2D eigenvalue weighted by Crippen LogP contribution is 2.14. The van der Waals surface area contributed by atoms with Crippen LogP contribution in [0, 0.1) is 0 Å². The zero-order chi connectivity index (χ0) is 22.8. The third-order valence-corrected chi connectivity index (χ3v) is 6.89. The lowest BCUT2D eigenvalue weighted by molar-refractivity contribution is -0.123. The summed E-state index contributed by atoms with van der Waals surface area (Å²) in [5.41, 5.74) is 2.05. The Kier molecular flexibility index (Phi) is 8.99. The van der Waals surface area contributed by atoms with Gasteiger partial charge in [0, 0.05) is 24.4 Å². The number of hydrogen-bond donors (Lipinski definition) is 2. The van der Waals surface area contributed by atoms with Crippen LogP contribution in [0.4, 0.5) is 0 Å². The van der Waals surface area contributed by atoms with Gasteiger partial charge in [-0.2, -0.15) is 0 Å². The number of pyridine rings is 1. The number of carbonyl (C=O) groups excluding carboxylic acids is 2. The molecule has 1 atom stereocenters. The van der Waals surface area contributed by atoms with Crippen LogP contribution in [0.15, 0.2) is 41.1 Å². The van der Waals surface area contributed by atoms with Crippen LogP contribution in [0.1, 0.15) is 49.1 Å². The van der Waals surface area contributed by atoms with Crippen LogP contribution < -0.4 is 10.6 Å². The molecule has 1 fully saturated rings. The number of rotatable bonds is 11. The summed E-state index contributed by atoms with van der Waals surface area (Å²) < 4.78 is 29.1. The van der Waals surface area contributed by atoms with Crippen molar-refractivity contribution in [3.63, 3.8) is 0 Å². The van der Waals surface area contributed by atoms with Crippen molar-refractivity contribution in [1.29, 1.82) is 0 Å². The van der Waals surface area contributed by atoms with E-state index in [-0.39, 0.29) is 30.3 Å². The summed E-state index contributed by atoms with van der Waals surface area (Å²) in [5, 5.41) is 5.99. The van der Waals surface area contributed by atoms with Crippen LogP contribution >= 0.6 is 0 Å². The van der Waals surface area contributed by atoms with Gasteiger partial charge in [0.05, 0.1) is 12.8 Å². The van der Waals surface area contributed by atoms with E-state index in [0.29, 0.717) is 12.5 Å². The van der Waals surface area contributed by atoms with Gasteiger partial charge in [-0.15, -0.1) is 0 Å². The molecule has 1 aliphatic rings. The lowest BCUT2D eigenvalue weighted by atomic mass is 10.0. The van der Waals surface area contributed by atoms with Gasteiger partial charge in [0.25, 0.3) is 0 Å². The van der Waals surface area contributed by atoms with Crippen molar-refractivity contribution in [2.75, 3.05) is 18.8 Å². The molecule has 0 radical (unpaired) electrons. The van der Waals surface area contributed by atoms with Gasteiger partial charge in [0.15, 0.2) is 15.6 Å². The third kappa shape index (κ3) is 8.55. The quantitative estimate of drug-likeness (QED) is 0.525. The van der Waals surface area contributed by atoms with E-state index >= 15 is 0 Å². The molecule has 1 unspecified atom stereocenters. The average molecular weight is 462 g/mol. The SMILES string of the molecule is O=C(CCc1cc(CC2CCCCCN2)ccn1)CNC(=O)CS(=O)(=O)Cc1ccco1. The number of nitrogens with one attached hydrogen (secondary N) is 2. The first-order valence-corrected chi connectivity index (χ1v) is 12.9. The fourth-order valence-electron chi connectivity index (χ4n) is 3.82. The predicted molar refractivity (Wildman–Crippen MR) is 121 cm³/mol. The van der Waals surface area contributed by atoms with Crippen LogP contribution in [0.5, 0.6) is 0 Å². The first kappa shape index (κ1) is 24.1. The summed E-state index contributed by atoms with van der Waals surface area (Å²) in [5.74, 6) is -1.61. The molecule has 0 bridgehead atoms. The summed E-state index contributed by atoms with van der Waals surface area (Å²) >= 11 is 0. The summed E-state index contributed by atoms with van der Waals surface area (Å²) in [7, 11) is -3.66. The number of hydrogen-bond acceptors (Lipinski definition) is 7. The summed E-state index contributed by atoms with van der Waals surface area (Å²) in [4.78, 5) is 28.5. The third-order valence-electron chi connectivity index (χ3n) is 5.46. The Labute approximate surface area is 189 Å². The minimum Gasteiger partial charge on any atom is -0.468 e. The molecule has 0 spiro atoms. The molecule has 3 heterocycles. The molecule has 0 saturated carbocycles. The van der Waals surface area contributed by atoms with Crippen LogP contribution in [0.2, 0.25) is 0 Å². The second-order valence-electron chi connectivity index (χ2n) is 8.29. The van der Waals surface area contributed by atoms with E-state index in [1.54, 1.807) is 12.3 Å². The zero-order valence-electron chi connectivity index (χ0n) is 18.2. The van der Waals surface area contributed by atoms with Gasteiger partial charge in [0.1, 0.15) is 17.3 Å². The molecular formula is C23H31N3O5S. The average Bonchev–Trinajstić information content (AvgIpc) is 3.11. The lowest BCUT2D eigenvalue weighted by Crippen LogP contribution is -2.34. The number of sulfone groups is 1. The molecular weight excluding hydrogens is 430 g/mol. The van der Waals surface area contributed by atoms with Crippen LogP contribution in [0.3, 0.4) is 0 Å². The normalized spacial score (nSPS) is 16.9. The molecule has 1 amide bonds. The monoisotopic (exact) mass is 461 g/mol. The van der Waals surface area contributed by atoms with Crippen molar-refractivity contribution < 1.29 is 22.4 Å². The van der Waals surface area contributed by atoms with E-state index in [1.807, 2.05) is 12.1 Å². The topological polar surface area (TPSA) is 118 Å². The van der Waals surface area contributed by atoms with Gasteiger partial charge in [-0.25, -0.2) is 8.42 Å². The minimum atomic E-state index is -3.66. The molecule has 1 saturated heterocycles. The predicted octanol–water partition coefficient (Wildman–Crippen LogP) is 1.98. The van der Waals surface area contributed by atoms with E-state index < -0.39 is 21.5 Å². The molecule has 0 aliphatic carbocycles. The number of amides is 1. The van der Waals surface area contributed by atoms with Crippen LogP contribution in [-0.2, 0) is 38.0 Å². The fourth-order valence-corrected chi connectivity index (χ4v) is 5.02. The number of aryl methyl sites for hydroxylation is 1. The standard InChI is InChI=1S/C23H31N3O5S/c27-21(15-26-23(28)17-32(29,30)16-22-6-4-12-31-22)8-7-20-14-18(9-11-25-20)13-19-5-2-1-3-10-24-19/h4,6,9,11-12,14,19,24H,1-3,5,7-8,10,13,15-17H2,(H,26,28). The minimum absolute atomic E-state index is 0.167. The molecule has 2 aromatic heterocycles. The van der Waals surface area contributed by atoms with Gasteiger partial charge < -0.3 is 15.1 Å². The molecule has 3 rings (SSSR count). The van der Waals surface area contributed by atoms with E-state index in [9.17, 15) is 18.0 Å². The largest absolute Gasteiger partial charge is 0.468 e. The molecule has 32 heavy (non-hydrogen) atoms. The first-order valence-electron chi connectivity index (χ1n) is 11.1. The van der Waals surface area contributed by atoms with Gasteiger partial charge >= 0.3 is 0 Å².